The van der Waals surface area contributed by atoms with Crippen molar-refractivity contribution in [1.82, 2.24) is 55.3 Å². The predicted octanol–water partition coefficient (Wildman–Crippen LogP) is 5.34. The number of carbonyl (C=O) groups is 7. The smallest absolute Gasteiger partial charge is 0.410 e. The van der Waals surface area contributed by atoms with Crippen LogP contribution in [0.4, 0.5) is 15.3 Å². The lowest BCUT2D eigenvalue weighted by Gasteiger charge is -2.25. The number of pyridine rings is 2. The Labute approximate surface area is 432 Å². The van der Waals surface area contributed by atoms with E-state index in [2.05, 4.69) is 36.3 Å². The van der Waals surface area contributed by atoms with Gasteiger partial charge in [-0.05, 0) is 98.2 Å². The number of amides is 8. The number of methoxy groups -OCH3 is 1. The maximum absolute atomic E-state index is 14.1. The van der Waals surface area contributed by atoms with Crippen molar-refractivity contribution in [3.63, 3.8) is 0 Å². The molecule has 2 atom stereocenters. The highest BCUT2D eigenvalue weighted by molar-refractivity contribution is 6.12. The van der Waals surface area contributed by atoms with E-state index in [1.807, 2.05) is 67.7 Å². The van der Waals surface area contributed by atoms with E-state index in [-0.39, 0.29) is 75.7 Å². The Kier molecular flexibility index (Phi) is 18.4. The number of fused-ring (bicyclic) bond motifs is 1. The minimum atomic E-state index is -1.07. The molecule has 5 heterocycles. The van der Waals surface area contributed by atoms with Crippen LogP contribution in [0.2, 0.25) is 0 Å². The van der Waals surface area contributed by atoms with Crippen LogP contribution in [0.15, 0.2) is 104 Å². The van der Waals surface area contributed by atoms with Gasteiger partial charge in [-0.2, -0.15) is 5.10 Å². The number of nitrogens with one attached hydrogen (secondary N) is 5. The molecular formula is C53H61N13O9. The van der Waals surface area contributed by atoms with Crippen LogP contribution in [0.1, 0.15) is 75.0 Å². The largest absolute Gasteiger partial charge is 0.497 e. The summed E-state index contributed by atoms with van der Waals surface area (Å²) in [5, 5.41) is 15.2. The maximum atomic E-state index is 14.1. The molecule has 4 aromatic heterocycles. The number of aromatic nitrogens is 6. The number of anilines is 1. The number of aromatic amines is 1. The number of urea groups is 1. The maximum Gasteiger partial charge on any atom is 0.410 e. The molecule has 0 saturated heterocycles. The van der Waals surface area contributed by atoms with Crippen molar-refractivity contribution in [2.24, 2.45) is 11.7 Å². The van der Waals surface area contributed by atoms with Crippen LogP contribution in [0, 0.1) is 12.8 Å². The zero-order chi connectivity index (χ0) is 53.4. The molecule has 1 aliphatic heterocycles. The molecule has 22 nitrogen and oxygen atoms in total. The SMILES string of the molecule is COc1cccc(CN(Cc2nc(-c3cccc(C)n3)c(-c3ccc4ncnn4c3)[nH]2)C(=O)OCc2ccc(NC(=O)[C@H](CCCNC(N)=O)NC(=O)C(NC(=O)CCCCCN3C(=O)C=CC3=O)C(C)C)cc2)c1. The Morgan fingerprint density at radius 1 is 0.840 bits per heavy atom. The number of nitrogens with zero attached hydrogens (tertiary/aromatic N) is 7. The molecule has 7 N–H and O–H groups in total. The Hall–Kier alpha value is -8.95. The van der Waals surface area contributed by atoms with Crippen molar-refractivity contribution in [3.8, 4) is 28.4 Å². The zero-order valence-electron chi connectivity index (χ0n) is 42.2. The fourth-order valence-corrected chi connectivity index (χ4v) is 8.25. The summed E-state index contributed by atoms with van der Waals surface area (Å²) in [7, 11) is 1.57. The molecule has 0 saturated carbocycles. The minimum absolute atomic E-state index is 0.0269. The van der Waals surface area contributed by atoms with Gasteiger partial charge in [-0.1, -0.05) is 50.6 Å². The van der Waals surface area contributed by atoms with Crippen molar-refractivity contribution < 1.29 is 43.0 Å². The number of aryl methyl sites for hydroxylation is 1. The standard InChI is InChI=1S/C53H61N13O9/c1-33(2)47(63-44(67)16-6-5-7-26-65-45(68)23-24-46(65)69)51(71)60-41(15-10-25-55-52(54)72)50(70)59-38-20-17-35(18-21-38)31-75-53(73)64(28-36-12-9-13-39(27-36)74-4)30-42-61-48(37-19-22-43-56-32-57-66(43)29-37)49(62-42)40-14-8-11-34(3)58-40/h8-9,11-14,17-24,27,29,32-33,41,47H,5-7,10,15-16,25-26,28,30-31H2,1-4H3,(H,59,70)(H,60,71)(H,61,62)(H,63,67)(H3,54,55,72)/t41-,47?/m0/s1. The molecule has 0 fully saturated rings. The highest BCUT2D eigenvalue weighted by Crippen LogP contribution is 2.30. The van der Waals surface area contributed by atoms with E-state index in [0.29, 0.717) is 64.8 Å². The van der Waals surface area contributed by atoms with E-state index in [0.717, 1.165) is 21.7 Å². The number of carbonyl (C=O) groups excluding carboxylic acids is 7. The molecule has 1 unspecified atom stereocenters. The first-order chi connectivity index (χ1) is 36.1. The molecule has 75 heavy (non-hydrogen) atoms. The second kappa shape index (κ2) is 25.6. The van der Waals surface area contributed by atoms with Crippen LogP contribution in [-0.2, 0) is 48.4 Å². The minimum Gasteiger partial charge on any atom is -0.497 e. The third kappa shape index (κ3) is 15.1. The van der Waals surface area contributed by atoms with Crippen molar-refractivity contribution >= 4 is 53.0 Å². The highest BCUT2D eigenvalue weighted by atomic mass is 16.6. The van der Waals surface area contributed by atoms with E-state index in [1.54, 1.807) is 49.7 Å². The fraction of sp³-hybridized carbons (Fsp3) is 0.340. The summed E-state index contributed by atoms with van der Waals surface area (Å²) in [5.74, 6) is -1.45. The Balaban J connectivity index is 0.993. The molecule has 2 aromatic carbocycles. The summed E-state index contributed by atoms with van der Waals surface area (Å²) >= 11 is 0. The number of rotatable bonds is 25. The van der Waals surface area contributed by atoms with E-state index < -0.39 is 36.0 Å². The monoisotopic (exact) mass is 1020 g/mol. The van der Waals surface area contributed by atoms with Crippen LogP contribution >= 0.6 is 0 Å². The third-order valence-electron chi connectivity index (χ3n) is 12.2. The van der Waals surface area contributed by atoms with Crippen LogP contribution in [0.25, 0.3) is 28.3 Å². The number of benzene rings is 2. The van der Waals surface area contributed by atoms with Gasteiger partial charge in [0.15, 0.2) is 5.65 Å². The molecule has 0 bridgehead atoms. The molecule has 1 aliphatic rings. The van der Waals surface area contributed by atoms with Gasteiger partial charge >= 0.3 is 12.1 Å². The van der Waals surface area contributed by atoms with E-state index >= 15 is 0 Å². The molecule has 392 valence electrons. The summed E-state index contributed by atoms with van der Waals surface area (Å²) in [4.78, 5) is 110. The van der Waals surface area contributed by atoms with Gasteiger partial charge in [0.25, 0.3) is 11.8 Å². The number of hydrogen-bond acceptors (Lipinski definition) is 13. The van der Waals surface area contributed by atoms with E-state index in [9.17, 15) is 33.6 Å². The van der Waals surface area contributed by atoms with Gasteiger partial charge < -0.3 is 41.5 Å². The Morgan fingerprint density at radius 2 is 1.61 bits per heavy atom. The summed E-state index contributed by atoms with van der Waals surface area (Å²) in [5.41, 5.74) is 11.2. The molecular weight excluding hydrogens is 963 g/mol. The number of H-pyrrole nitrogens is 1. The first-order valence-corrected chi connectivity index (χ1v) is 24.6. The van der Waals surface area contributed by atoms with Crippen molar-refractivity contribution in [1.29, 1.82) is 0 Å². The first-order valence-electron chi connectivity index (χ1n) is 24.6. The van der Waals surface area contributed by atoms with Crippen molar-refractivity contribution in [2.75, 3.05) is 25.5 Å². The molecule has 7 rings (SSSR count). The number of unbranched alkanes of at least 4 members (excludes halogenated alkanes) is 2. The van der Waals surface area contributed by atoms with Gasteiger partial charge in [0.1, 0.15) is 42.3 Å². The van der Waals surface area contributed by atoms with Crippen LogP contribution in [-0.4, -0.2) is 113 Å². The summed E-state index contributed by atoms with van der Waals surface area (Å²) in [6, 6.07) is 20.7. The number of ether oxygens (including phenoxy) is 2. The van der Waals surface area contributed by atoms with Gasteiger partial charge in [-0.3, -0.25) is 38.8 Å². The third-order valence-corrected chi connectivity index (χ3v) is 12.2. The summed E-state index contributed by atoms with van der Waals surface area (Å²) < 4.78 is 13.0. The van der Waals surface area contributed by atoms with Crippen LogP contribution in [0.5, 0.6) is 5.75 Å². The first kappa shape index (κ1) is 53.8. The fourth-order valence-electron chi connectivity index (χ4n) is 8.25. The topological polar surface area (TPSA) is 290 Å². The Morgan fingerprint density at radius 3 is 2.35 bits per heavy atom. The average molecular weight is 1020 g/mol. The number of imidazole rings is 1. The van der Waals surface area contributed by atoms with E-state index in [1.165, 1.54) is 23.4 Å². The lowest BCUT2D eigenvalue weighted by molar-refractivity contribution is -0.137. The number of nitrogens with two attached hydrogens (primary N) is 1. The van der Waals surface area contributed by atoms with Gasteiger partial charge in [0, 0.05) is 61.3 Å². The highest BCUT2D eigenvalue weighted by Gasteiger charge is 2.30. The zero-order valence-corrected chi connectivity index (χ0v) is 42.2. The Bertz CT molecular complexity index is 3020. The molecule has 0 aliphatic carbocycles. The second-order valence-corrected chi connectivity index (χ2v) is 18.3. The lowest BCUT2D eigenvalue weighted by Crippen LogP contribution is -2.54. The number of primary amides is 1. The normalized spacial score (nSPS) is 12.9. The predicted molar refractivity (Wildman–Crippen MR) is 276 cm³/mol. The van der Waals surface area contributed by atoms with E-state index in [4.69, 9.17) is 25.2 Å². The number of imide groups is 1. The van der Waals surface area contributed by atoms with Crippen LogP contribution in [0.3, 0.4) is 0 Å². The quantitative estimate of drug-likeness (QED) is 0.0313. The van der Waals surface area contributed by atoms with Crippen molar-refractivity contribution in [2.45, 2.75) is 91.1 Å². The molecule has 0 radical (unpaired) electrons. The molecule has 6 aromatic rings. The van der Waals surface area contributed by atoms with Gasteiger partial charge in [-0.15, -0.1) is 0 Å². The molecule has 22 heteroatoms. The second-order valence-electron chi connectivity index (χ2n) is 18.3. The van der Waals surface area contributed by atoms with Gasteiger partial charge in [0.05, 0.1) is 25.0 Å². The summed E-state index contributed by atoms with van der Waals surface area (Å²) in [6.07, 6.45) is 7.23. The molecule has 0 spiro atoms. The molecule has 8 amide bonds. The van der Waals surface area contributed by atoms with Gasteiger partial charge in [-0.25, -0.2) is 24.1 Å². The average Bonchev–Trinajstić information content (AvgIpc) is 4.13. The number of hydrogen-bond donors (Lipinski definition) is 6. The van der Waals surface area contributed by atoms with Crippen LogP contribution < -0.4 is 31.7 Å². The van der Waals surface area contributed by atoms with Gasteiger partial charge in [0.2, 0.25) is 17.7 Å². The lowest BCUT2D eigenvalue weighted by atomic mass is 10.0. The summed E-state index contributed by atoms with van der Waals surface area (Å²) in [6.45, 7) is 5.89. The van der Waals surface area contributed by atoms with Crippen molar-refractivity contribution in [3.05, 3.63) is 126 Å².